The number of benzene rings is 2. The lowest BCUT2D eigenvalue weighted by Gasteiger charge is -2.33. The highest BCUT2D eigenvalue weighted by atomic mass is 35.5. The van der Waals surface area contributed by atoms with Gasteiger partial charge in [0.05, 0.1) is 28.3 Å². The number of aromatic nitrogens is 1. The van der Waals surface area contributed by atoms with Crippen LogP contribution in [0.25, 0.3) is 10.9 Å². The lowest BCUT2D eigenvalue weighted by atomic mass is 9.87. The zero-order valence-corrected chi connectivity index (χ0v) is 25.0. The number of fused-ring (bicyclic) bond motifs is 1. The number of anilines is 1. The Labute approximate surface area is 254 Å². The zero-order chi connectivity index (χ0) is 29.8. The predicted octanol–water partition coefficient (Wildman–Crippen LogP) is 6.20. The molecule has 9 nitrogen and oxygen atoms in total. The maximum absolute atomic E-state index is 13.1. The summed E-state index contributed by atoms with van der Waals surface area (Å²) in [6.45, 7) is 3.30. The Morgan fingerprint density at radius 3 is 2.50 bits per heavy atom. The summed E-state index contributed by atoms with van der Waals surface area (Å²) in [6, 6.07) is 10.7. The molecule has 3 N–H and O–H groups in total. The van der Waals surface area contributed by atoms with Crippen molar-refractivity contribution in [2.45, 2.75) is 64.4 Å². The van der Waals surface area contributed by atoms with E-state index in [1.165, 1.54) is 0 Å². The Balaban J connectivity index is 1.19. The fourth-order valence-electron chi connectivity index (χ4n) is 5.79. The number of likely N-dealkylation sites (tertiary alicyclic amines) is 1. The fourth-order valence-corrected chi connectivity index (χ4v) is 6.26. The minimum atomic E-state index is -0.759. The maximum Gasteiger partial charge on any atom is 0.306 e. The number of amides is 1. The van der Waals surface area contributed by atoms with Gasteiger partial charge in [-0.05, 0) is 69.2 Å². The normalized spacial score (nSPS) is 20.1. The molecule has 2 fully saturated rings. The Morgan fingerprint density at radius 2 is 1.79 bits per heavy atom. The number of nitrogens with zero attached hydrogens (tertiary/aromatic N) is 1. The summed E-state index contributed by atoms with van der Waals surface area (Å²) >= 11 is 13.0. The molecule has 0 bridgehead atoms. The molecular weight excluding hydrogens is 581 g/mol. The minimum Gasteiger partial charge on any atom is -0.481 e. The first kappa shape index (κ1) is 30.5. The molecule has 0 radical (unpaired) electrons. The van der Waals surface area contributed by atoms with Gasteiger partial charge in [0.2, 0.25) is 6.41 Å². The molecule has 3 aromatic rings. The molecule has 1 aromatic heterocycles. The van der Waals surface area contributed by atoms with Crippen LogP contribution in [-0.2, 0) is 25.5 Å². The number of carboxylic acids is 1. The molecule has 1 saturated heterocycles. The number of ketones is 1. The average Bonchev–Trinajstić information content (AvgIpc) is 3.61. The van der Waals surface area contributed by atoms with Gasteiger partial charge in [-0.25, -0.2) is 0 Å². The second-order valence-corrected chi connectivity index (χ2v) is 11.9. The lowest BCUT2D eigenvalue weighted by Crippen LogP contribution is -2.42. The van der Waals surface area contributed by atoms with E-state index in [9.17, 15) is 19.5 Å². The molecule has 11 heteroatoms. The summed E-state index contributed by atoms with van der Waals surface area (Å²) < 4.78 is 12.2. The van der Waals surface area contributed by atoms with Crippen molar-refractivity contribution >= 4 is 57.5 Å². The quantitative estimate of drug-likeness (QED) is 0.219. The van der Waals surface area contributed by atoms with E-state index in [0.717, 1.165) is 42.5 Å². The largest absolute Gasteiger partial charge is 0.481 e. The van der Waals surface area contributed by atoms with E-state index < -0.39 is 12.4 Å². The molecular formula is C31H35Cl2N3O6. The molecule has 1 atom stereocenters. The van der Waals surface area contributed by atoms with Gasteiger partial charge in [0.25, 0.3) is 5.91 Å². The summed E-state index contributed by atoms with van der Waals surface area (Å²) in [7, 11) is 0. The molecule has 1 amide bonds. The van der Waals surface area contributed by atoms with E-state index in [4.69, 9.17) is 32.7 Å². The number of para-hydroxylation sites is 1. The van der Waals surface area contributed by atoms with Crippen LogP contribution < -0.4 is 5.32 Å². The van der Waals surface area contributed by atoms with Crippen LogP contribution in [0.1, 0.15) is 60.1 Å². The summed E-state index contributed by atoms with van der Waals surface area (Å²) in [5.74, 6) is -1.59. The van der Waals surface area contributed by atoms with Crippen molar-refractivity contribution in [2.75, 3.05) is 25.0 Å². The van der Waals surface area contributed by atoms with Gasteiger partial charge in [0, 0.05) is 41.1 Å². The van der Waals surface area contributed by atoms with Crippen LogP contribution in [0.3, 0.4) is 0 Å². The molecule has 1 saturated carbocycles. The van der Waals surface area contributed by atoms with Gasteiger partial charge in [0.15, 0.2) is 5.78 Å². The SMILES string of the molecule is Cc1[nH]c2ccccc2c1C(=O)Nc1cc(Cl)c(CC(=O)COC(OC2CCC(C(=O)O)CC2)N2CCCC2)cc1Cl. The highest BCUT2D eigenvalue weighted by Crippen LogP contribution is 2.32. The van der Waals surface area contributed by atoms with Gasteiger partial charge < -0.3 is 24.9 Å². The van der Waals surface area contributed by atoms with Gasteiger partial charge >= 0.3 is 5.97 Å². The molecule has 1 aliphatic heterocycles. The van der Waals surface area contributed by atoms with Crippen LogP contribution in [0.4, 0.5) is 5.69 Å². The number of nitrogens with one attached hydrogen (secondary N) is 2. The number of carboxylic acid groups (broad SMARTS) is 1. The van der Waals surface area contributed by atoms with Gasteiger partial charge in [0.1, 0.15) is 6.61 Å². The monoisotopic (exact) mass is 615 g/mol. The van der Waals surface area contributed by atoms with Gasteiger partial charge in [-0.2, -0.15) is 0 Å². The molecule has 1 unspecified atom stereocenters. The molecule has 1 aliphatic carbocycles. The number of aromatic amines is 1. The second-order valence-electron chi connectivity index (χ2n) is 11.1. The number of carbonyl (C=O) groups excluding carboxylic acids is 2. The number of Topliss-reactive ketones (excluding diaryl/α,β-unsaturated/α-hetero) is 1. The van der Waals surface area contributed by atoms with Crippen LogP contribution in [0.5, 0.6) is 0 Å². The number of hydrogen-bond donors (Lipinski definition) is 3. The Hall–Kier alpha value is -2.95. The number of H-pyrrole nitrogens is 1. The van der Waals surface area contributed by atoms with Crippen molar-refractivity contribution in [3.63, 3.8) is 0 Å². The van der Waals surface area contributed by atoms with Gasteiger partial charge in [-0.1, -0.05) is 41.4 Å². The average molecular weight is 617 g/mol. The van der Waals surface area contributed by atoms with E-state index in [-0.39, 0.29) is 41.8 Å². The molecule has 2 heterocycles. The van der Waals surface area contributed by atoms with Crippen molar-refractivity contribution in [2.24, 2.45) is 5.92 Å². The summed E-state index contributed by atoms with van der Waals surface area (Å²) in [5, 5.41) is 13.5. The maximum atomic E-state index is 13.1. The van der Waals surface area contributed by atoms with E-state index in [1.807, 2.05) is 31.2 Å². The summed E-state index contributed by atoms with van der Waals surface area (Å²) in [5.41, 5.74) is 3.01. The number of aryl methyl sites for hydroxylation is 1. The highest BCUT2D eigenvalue weighted by molar-refractivity contribution is 6.36. The Morgan fingerprint density at radius 1 is 1.07 bits per heavy atom. The number of rotatable bonds is 11. The molecule has 2 aliphatic rings. The van der Waals surface area contributed by atoms with Crippen molar-refractivity contribution in [3.8, 4) is 0 Å². The zero-order valence-electron chi connectivity index (χ0n) is 23.5. The first-order chi connectivity index (χ1) is 20.2. The van der Waals surface area contributed by atoms with Crippen LogP contribution in [0, 0.1) is 12.8 Å². The second kappa shape index (κ2) is 13.6. The molecule has 0 spiro atoms. The Kier molecular flexibility index (Phi) is 9.85. The third-order valence-electron chi connectivity index (χ3n) is 8.05. The first-order valence-electron chi connectivity index (χ1n) is 14.3. The predicted molar refractivity (Wildman–Crippen MR) is 161 cm³/mol. The number of ether oxygens (including phenoxy) is 2. The summed E-state index contributed by atoms with van der Waals surface area (Å²) in [6.07, 6.45) is 3.73. The molecule has 224 valence electrons. The van der Waals surface area contributed by atoms with Crippen LogP contribution in [-0.4, -0.2) is 64.9 Å². The van der Waals surface area contributed by atoms with E-state index in [0.29, 0.717) is 47.5 Å². The van der Waals surface area contributed by atoms with Crippen molar-refractivity contribution in [1.82, 2.24) is 9.88 Å². The lowest BCUT2D eigenvalue weighted by molar-refractivity contribution is -0.243. The van der Waals surface area contributed by atoms with Crippen molar-refractivity contribution in [3.05, 3.63) is 63.3 Å². The van der Waals surface area contributed by atoms with E-state index in [1.54, 1.807) is 12.1 Å². The molecule has 5 rings (SSSR count). The summed E-state index contributed by atoms with van der Waals surface area (Å²) in [4.78, 5) is 42.7. The third-order valence-corrected chi connectivity index (χ3v) is 8.72. The highest BCUT2D eigenvalue weighted by Gasteiger charge is 2.31. The Bertz CT molecular complexity index is 1460. The fraction of sp³-hybridized carbons (Fsp3) is 0.452. The van der Waals surface area contributed by atoms with Gasteiger partial charge in [-0.15, -0.1) is 0 Å². The number of aliphatic carboxylic acids is 1. The van der Waals surface area contributed by atoms with Crippen LogP contribution in [0.15, 0.2) is 36.4 Å². The van der Waals surface area contributed by atoms with E-state index in [2.05, 4.69) is 15.2 Å². The topological polar surface area (TPSA) is 121 Å². The first-order valence-corrected chi connectivity index (χ1v) is 15.1. The minimum absolute atomic E-state index is 0.00474. The number of hydrogen-bond acceptors (Lipinski definition) is 6. The van der Waals surface area contributed by atoms with E-state index >= 15 is 0 Å². The standard InChI is InChI=1S/C31H35Cl2N3O6/c1-18-28(23-6-2-3-7-26(23)34-18)29(38)35-27-16-24(32)20(15-25(27)33)14-21(37)17-41-31(36-12-4-5-13-36)42-22-10-8-19(9-11-22)30(39)40/h2-3,6-7,15-16,19,22,31,34H,4-5,8-14,17H2,1H3,(H,35,38)(H,39,40). The smallest absolute Gasteiger partial charge is 0.306 e. The van der Waals surface area contributed by atoms with Gasteiger partial charge in [-0.3, -0.25) is 19.3 Å². The van der Waals surface area contributed by atoms with Crippen molar-refractivity contribution < 1.29 is 29.0 Å². The number of carbonyl (C=O) groups is 3. The third kappa shape index (κ3) is 7.15. The van der Waals surface area contributed by atoms with Crippen LogP contribution in [0.2, 0.25) is 10.0 Å². The molecule has 42 heavy (non-hydrogen) atoms. The van der Waals surface area contributed by atoms with Crippen LogP contribution >= 0.6 is 23.2 Å². The van der Waals surface area contributed by atoms with Crippen molar-refractivity contribution in [1.29, 1.82) is 0 Å². The number of halogens is 2. The molecule has 2 aromatic carbocycles.